The normalized spacial score (nSPS) is 19.3. The predicted molar refractivity (Wildman–Crippen MR) is 120 cm³/mol. The van der Waals surface area contributed by atoms with E-state index in [4.69, 9.17) is 14.2 Å². The van der Waals surface area contributed by atoms with E-state index in [-0.39, 0.29) is 5.91 Å². The predicted octanol–water partition coefficient (Wildman–Crippen LogP) is 3.43. The molecule has 2 fully saturated rings. The van der Waals surface area contributed by atoms with Gasteiger partial charge in [-0.2, -0.15) is 0 Å². The highest BCUT2D eigenvalue weighted by Gasteiger charge is 2.24. The van der Waals surface area contributed by atoms with E-state index in [1.165, 1.54) is 11.8 Å². The molecule has 2 heterocycles. The van der Waals surface area contributed by atoms with E-state index in [0.717, 1.165) is 54.7 Å². The van der Waals surface area contributed by atoms with Gasteiger partial charge in [0, 0.05) is 30.4 Å². The molecule has 2 saturated heterocycles. The summed E-state index contributed by atoms with van der Waals surface area (Å²) in [6.07, 6.45) is 1.83. The second-order valence-electron chi connectivity index (χ2n) is 6.71. The van der Waals surface area contributed by atoms with E-state index in [1.54, 1.807) is 14.2 Å². The highest BCUT2D eigenvalue weighted by Crippen LogP contribution is 2.33. The summed E-state index contributed by atoms with van der Waals surface area (Å²) in [7, 11) is 3.26. The number of hydrogen-bond donors (Lipinski definition) is 1. The van der Waals surface area contributed by atoms with Crippen molar-refractivity contribution in [3.8, 4) is 11.5 Å². The van der Waals surface area contributed by atoms with Crippen LogP contribution in [0.1, 0.15) is 5.56 Å². The monoisotopic (exact) mass is 425 g/mol. The van der Waals surface area contributed by atoms with Crippen molar-refractivity contribution in [3.05, 3.63) is 52.9 Å². The second-order valence-corrected chi connectivity index (χ2v) is 7.74. The molecule has 0 radical (unpaired) electrons. The van der Waals surface area contributed by atoms with Crippen molar-refractivity contribution in [1.29, 1.82) is 0 Å². The largest absolute Gasteiger partial charge is 0.497 e. The number of rotatable bonds is 5. The summed E-state index contributed by atoms with van der Waals surface area (Å²) < 4.78 is 16.2. The molecule has 0 aromatic heterocycles. The first kappa shape index (κ1) is 20.3. The Balaban J connectivity index is 1.53. The van der Waals surface area contributed by atoms with Crippen LogP contribution in [0, 0.1) is 0 Å². The number of amidine groups is 1. The highest BCUT2D eigenvalue weighted by atomic mass is 32.2. The number of morpholine rings is 1. The van der Waals surface area contributed by atoms with Gasteiger partial charge in [0.15, 0.2) is 5.17 Å². The minimum atomic E-state index is -0.174. The molecular formula is C22H23N3O4S. The van der Waals surface area contributed by atoms with Gasteiger partial charge in [-0.15, -0.1) is 0 Å². The average molecular weight is 426 g/mol. The number of hydrogen-bond acceptors (Lipinski definition) is 7. The van der Waals surface area contributed by atoms with Gasteiger partial charge in [0.1, 0.15) is 11.5 Å². The number of methoxy groups -OCH3 is 2. The Bertz CT molecular complexity index is 982. The maximum absolute atomic E-state index is 12.4. The average Bonchev–Trinajstić information content (AvgIpc) is 3.13. The zero-order valence-corrected chi connectivity index (χ0v) is 17.7. The Kier molecular flexibility index (Phi) is 6.25. The summed E-state index contributed by atoms with van der Waals surface area (Å²) in [5.41, 5.74) is 2.67. The third-order valence-electron chi connectivity index (χ3n) is 4.83. The van der Waals surface area contributed by atoms with Crippen LogP contribution in [-0.4, -0.2) is 51.6 Å². The topological polar surface area (TPSA) is 72.4 Å². The van der Waals surface area contributed by atoms with Crippen molar-refractivity contribution < 1.29 is 19.0 Å². The van der Waals surface area contributed by atoms with Gasteiger partial charge in [-0.3, -0.25) is 4.79 Å². The molecule has 156 valence electrons. The lowest BCUT2D eigenvalue weighted by Gasteiger charge is -2.29. The van der Waals surface area contributed by atoms with E-state index in [1.807, 2.05) is 48.5 Å². The molecule has 8 heteroatoms. The van der Waals surface area contributed by atoms with Crippen molar-refractivity contribution in [1.82, 2.24) is 5.32 Å². The van der Waals surface area contributed by atoms with Gasteiger partial charge in [-0.1, -0.05) is 0 Å². The number of benzene rings is 2. The molecule has 0 aliphatic carbocycles. The molecule has 0 saturated carbocycles. The minimum Gasteiger partial charge on any atom is -0.497 e. The summed E-state index contributed by atoms with van der Waals surface area (Å²) in [4.78, 5) is 19.8. The number of ether oxygens (including phenoxy) is 3. The molecular weight excluding hydrogens is 402 g/mol. The van der Waals surface area contributed by atoms with Gasteiger partial charge >= 0.3 is 0 Å². The zero-order valence-electron chi connectivity index (χ0n) is 16.9. The molecule has 0 atom stereocenters. The van der Waals surface area contributed by atoms with Crippen LogP contribution in [0.25, 0.3) is 6.08 Å². The van der Waals surface area contributed by atoms with Gasteiger partial charge < -0.3 is 24.4 Å². The van der Waals surface area contributed by atoms with Gasteiger partial charge in [0.2, 0.25) is 0 Å². The van der Waals surface area contributed by atoms with Crippen LogP contribution >= 0.6 is 11.8 Å². The Morgan fingerprint density at radius 3 is 2.57 bits per heavy atom. The molecule has 2 aromatic carbocycles. The Morgan fingerprint density at radius 2 is 1.87 bits per heavy atom. The fraction of sp³-hybridized carbons (Fsp3) is 0.273. The lowest BCUT2D eigenvalue weighted by atomic mass is 10.1. The van der Waals surface area contributed by atoms with Crippen LogP contribution in [0.5, 0.6) is 11.5 Å². The van der Waals surface area contributed by atoms with E-state index in [0.29, 0.717) is 10.1 Å². The number of carbonyl (C=O) groups excluding carboxylic acids is 1. The highest BCUT2D eigenvalue weighted by molar-refractivity contribution is 8.18. The number of nitrogens with zero attached hydrogens (tertiary/aromatic N) is 2. The molecule has 2 aromatic rings. The SMILES string of the molecule is COc1ccc(N=C2NC(=O)/C(=C/c3ccc(N4CCOCC4)cc3OC)S2)cc1. The summed E-state index contributed by atoms with van der Waals surface area (Å²) >= 11 is 1.31. The van der Waals surface area contributed by atoms with Crippen molar-refractivity contribution in [2.75, 3.05) is 45.4 Å². The van der Waals surface area contributed by atoms with E-state index < -0.39 is 0 Å². The maximum Gasteiger partial charge on any atom is 0.264 e. The third-order valence-corrected chi connectivity index (χ3v) is 5.74. The quantitative estimate of drug-likeness (QED) is 0.740. The van der Waals surface area contributed by atoms with Gasteiger partial charge in [0.25, 0.3) is 5.91 Å². The number of thioether (sulfide) groups is 1. The fourth-order valence-electron chi connectivity index (χ4n) is 3.23. The van der Waals surface area contributed by atoms with Gasteiger partial charge in [-0.05, 0) is 54.2 Å². The maximum atomic E-state index is 12.4. The summed E-state index contributed by atoms with van der Waals surface area (Å²) in [5, 5.41) is 3.36. The van der Waals surface area contributed by atoms with Gasteiger partial charge in [-0.25, -0.2) is 4.99 Å². The van der Waals surface area contributed by atoms with Crippen LogP contribution in [0.15, 0.2) is 52.4 Å². The van der Waals surface area contributed by atoms with Crippen LogP contribution < -0.4 is 19.7 Å². The Labute approximate surface area is 179 Å². The summed E-state index contributed by atoms with van der Waals surface area (Å²) in [6, 6.07) is 13.4. The number of carbonyl (C=O) groups is 1. The smallest absolute Gasteiger partial charge is 0.264 e. The Hall–Kier alpha value is -2.97. The standard InChI is InChI=1S/C22H23N3O4S/c1-27-18-7-4-16(5-8-18)23-22-24-21(26)20(30-22)13-15-3-6-17(14-19(15)28-2)25-9-11-29-12-10-25/h3-8,13-14H,9-12H2,1-2H3,(H,23,24,26)/b20-13-. The molecule has 1 N–H and O–H groups in total. The van der Waals surface area contributed by atoms with E-state index in [9.17, 15) is 4.79 Å². The molecule has 0 spiro atoms. The van der Waals surface area contributed by atoms with E-state index >= 15 is 0 Å². The number of nitrogens with one attached hydrogen (secondary N) is 1. The lowest BCUT2D eigenvalue weighted by Crippen LogP contribution is -2.36. The minimum absolute atomic E-state index is 0.174. The van der Waals surface area contributed by atoms with Crippen LogP contribution in [0.2, 0.25) is 0 Å². The number of anilines is 1. The first-order valence-electron chi connectivity index (χ1n) is 9.60. The summed E-state index contributed by atoms with van der Waals surface area (Å²) in [5.74, 6) is 1.31. The van der Waals surface area contributed by atoms with E-state index in [2.05, 4.69) is 15.2 Å². The Morgan fingerprint density at radius 1 is 1.10 bits per heavy atom. The number of amides is 1. The van der Waals surface area contributed by atoms with Crippen molar-refractivity contribution in [2.45, 2.75) is 0 Å². The molecule has 0 bridgehead atoms. The molecule has 2 aliphatic heterocycles. The number of aliphatic imine (C=N–C) groups is 1. The fourth-order valence-corrected chi connectivity index (χ4v) is 4.07. The first-order valence-corrected chi connectivity index (χ1v) is 10.4. The first-order chi connectivity index (χ1) is 14.7. The zero-order chi connectivity index (χ0) is 20.9. The van der Waals surface area contributed by atoms with Crippen LogP contribution in [-0.2, 0) is 9.53 Å². The van der Waals surface area contributed by atoms with Crippen molar-refractivity contribution in [2.24, 2.45) is 4.99 Å². The van der Waals surface area contributed by atoms with Crippen molar-refractivity contribution in [3.63, 3.8) is 0 Å². The lowest BCUT2D eigenvalue weighted by molar-refractivity contribution is -0.115. The second kappa shape index (κ2) is 9.23. The molecule has 30 heavy (non-hydrogen) atoms. The molecule has 4 rings (SSSR count). The third kappa shape index (κ3) is 4.60. The van der Waals surface area contributed by atoms with Crippen LogP contribution in [0.3, 0.4) is 0 Å². The molecule has 7 nitrogen and oxygen atoms in total. The molecule has 1 amide bonds. The van der Waals surface area contributed by atoms with Crippen molar-refractivity contribution >= 4 is 40.3 Å². The summed E-state index contributed by atoms with van der Waals surface area (Å²) in [6.45, 7) is 3.16. The molecule has 2 aliphatic rings. The van der Waals surface area contributed by atoms with Gasteiger partial charge in [0.05, 0.1) is 38.0 Å². The molecule has 0 unspecified atom stereocenters. The van der Waals surface area contributed by atoms with Crippen LogP contribution in [0.4, 0.5) is 11.4 Å².